The fourth-order valence-electron chi connectivity index (χ4n) is 2.72. The van der Waals surface area contributed by atoms with Crippen molar-refractivity contribution < 1.29 is 4.79 Å². The molecule has 1 aliphatic rings. The average molecular weight is 262 g/mol. The molecule has 5 heteroatoms. The van der Waals surface area contributed by atoms with Crippen LogP contribution in [0.1, 0.15) is 34.6 Å². The summed E-state index contributed by atoms with van der Waals surface area (Å²) in [5.41, 5.74) is 14.3. The van der Waals surface area contributed by atoms with Crippen LogP contribution in [0.4, 0.5) is 5.69 Å². The van der Waals surface area contributed by atoms with Gasteiger partial charge in [0.15, 0.2) is 0 Å². The minimum atomic E-state index is -0.432. The Morgan fingerprint density at radius 3 is 2.63 bits per heavy atom. The Labute approximate surface area is 114 Å². The van der Waals surface area contributed by atoms with Crippen LogP contribution < -0.4 is 16.4 Å². The van der Waals surface area contributed by atoms with Crippen molar-refractivity contribution in [2.24, 2.45) is 17.4 Å². The molecule has 0 spiro atoms. The second-order valence-electron chi connectivity index (χ2n) is 5.36. The monoisotopic (exact) mass is 262 g/mol. The summed E-state index contributed by atoms with van der Waals surface area (Å²) in [7, 11) is 1.98. The van der Waals surface area contributed by atoms with Gasteiger partial charge in [-0.15, -0.1) is 0 Å². The van der Waals surface area contributed by atoms with E-state index in [4.69, 9.17) is 11.5 Å². The molecule has 0 radical (unpaired) electrons. The zero-order chi connectivity index (χ0) is 14.2. The summed E-state index contributed by atoms with van der Waals surface area (Å²) in [6.07, 6.45) is 2.42. The van der Waals surface area contributed by atoms with Crippen LogP contribution in [0.5, 0.6) is 0 Å². The number of primary amides is 1. The molecule has 1 saturated carbocycles. The van der Waals surface area contributed by atoms with Crippen molar-refractivity contribution >= 4 is 11.6 Å². The lowest BCUT2D eigenvalue weighted by Gasteiger charge is -2.31. The Kier molecular flexibility index (Phi) is 3.75. The van der Waals surface area contributed by atoms with Crippen LogP contribution in [0.15, 0.2) is 6.07 Å². The van der Waals surface area contributed by atoms with Gasteiger partial charge in [-0.1, -0.05) is 0 Å². The van der Waals surface area contributed by atoms with E-state index in [-0.39, 0.29) is 6.04 Å². The number of rotatable bonds is 5. The molecule has 5 nitrogen and oxygen atoms in total. The number of hydrogen-bond donors (Lipinski definition) is 2. The number of nitrogens with two attached hydrogens (primary N) is 2. The van der Waals surface area contributed by atoms with Gasteiger partial charge in [0.25, 0.3) is 5.91 Å². The molecule has 1 heterocycles. The standard InChI is InChI=1S/C14H22N4O/c1-8-6-11(13(14(16)19)9(2)17-8)18(3)12(7-15)10-4-5-10/h6,10,12H,4-5,7,15H2,1-3H3,(H2,16,19). The molecule has 19 heavy (non-hydrogen) atoms. The Bertz CT molecular complexity index is 496. The summed E-state index contributed by atoms with van der Waals surface area (Å²) in [5.74, 6) is 0.197. The van der Waals surface area contributed by atoms with Crippen molar-refractivity contribution in [3.05, 3.63) is 23.0 Å². The maximum absolute atomic E-state index is 11.7. The summed E-state index contributed by atoms with van der Waals surface area (Å²) in [5, 5.41) is 0. The van der Waals surface area contributed by atoms with E-state index in [1.807, 2.05) is 27.0 Å². The number of carbonyl (C=O) groups excluding carboxylic acids is 1. The first-order valence-electron chi connectivity index (χ1n) is 6.66. The van der Waals surface area contributed by atoms with Crippen molar-refractivity contribution in [1.82, 2.24) is 4.98 Å². The van der Waals surface area contributed by atoms with E-state index in [9.17, 15) is 4.79 Å². The van der Waals surface area contributed by atoms with Crippen LogP contribution >= 0.6 is 0 Å². The number of aryl methyl sites for hydroxylation is 2. The van der Waals surface area contributed by atoms with E-state index >= 15 is 0 Å². The molecule has 0 bridgehead atoms. The topological polar surface area (TPSA) is 85.2 Å². The van der Waals surface area contributed by atoms with Crippen molar-refractivity contribution in [2.75, 3.05) is 18.5 Å². The maximum atomic E-state index is 11.7. The molecule has 1 aromatic heterocycles. The largest absolute Gasteiger partial charge is 0.369 e. The molecular weight excluding hydrogens is 240 g/mol. The number of likely N-dealkylation sites (N-methyl/N-ethyl adjacent to an activating group) is 1. The van der Waals surface area contributed by atoms with Gasteiger partial charge in [-0.2, -0.15) is 0 Å². The molecule has 1 aliphatic carbocycles. The molecule has 1 amide bonds. The first-order chi connectivity index (χ1) is 8.95. The van der Waals surface area contributed by atoms with Gasteiger partial charge in [0.1, 0.15) is 0 Å². The first-order valence-corrected chi connectivity index (χ1v) is 6.66. The summed E-state index contributed by atoms with van der Waals surface area (Å²) < 4.78 is 0. The highest BCUT2D eigenvalue weighted by Gasteiger charge is 2.34. The Hall–Kier alpha value is -1.62. The Morgan fingerprint density at radius 1 is 1.53 bits per heavy atom. The number of pyridine rings is 1. The van der Waals surface area contributed by atoms with Gasteiger partial charge in [0, 0.05) is 25.3 Å². The molecule has 1 aromatic rings. The molecule has 0 saturated heterocycles. The minimum Gasteiger partial charge on any atom is -0.369 e. The quantitative estimate of drug-likeness (QED) is 0.828. The number of amides is 1. The fraction of sp³-hybridized carbons (Fsp3) is 0.571. The summed E-state index contributed by atoms with van der Waals surface area (Å²) in [6.45, 7) is 4.32. The van der Waals surface area contributed by atoms with Gasteiger partial charge in [-0.05, 0) is 38.7 Å². The Balaban J connectivity index is 2.44. The lowest BCUT2D eigenvalue weighted by atomic mass is 10.1. The first kappa shape index (κ1) is 13.8. The third-order valence-corrected chi connectivity index (χ3v) is 3.84. The van der Waals surface area contributed by atoms with Gasteiger partial charge >= 0.3 is 0 Å². The van der Waals surface area contributed by atoms with Gasteiger partial charge < -0.3 is 16.4 Å². The van der Waals surface area contributed by atoms with Gasteiger partial charge in [-0.25, -0.2) is 0 Å². The molecule has 1 fully saturated rings. The minimum absolute atomic E-state index is 0.263. The van der Waals surface area contributed by atoms with Gasteiger partial charge in [0.05, 0.1) is 16.9 Å². The average Bonchev–Trinajstić information content (AvgIpc) is 3.12. The van der Waals surface area contributed by atoms with Crippen LogP contribution in [0, 0.1) is 19.8 Å². The number of carbonyl (C=O) groups is 1. The zero-order valence-electron chi connectivity index (χ0n) is 11.8. The highest BCUT2D eigenvalue weighted by molar-refractivity contribution is 5.99. The van der Waals surface area contributed by atoms with Crippen molar-refractivity contribution in [3.8, 4) is 0 Å². The van der Waals surface area contributed by atoms with E-state index < -0.39 is 5.91 Å². The van der Waals surface area contributed by atoms with Crippen LogP contribution in [-0.4, -0.2) is 30.5 Å². The van der Waals surface area contributed by atoms with E-state index in [0.717, 1.165) is 11.4 Å². The second-order valence-corrected chi connectivity index (χ2v) is 5.36. The summed E-state index contributed by atoms with van der Waals surface area (Å²) >= 11 is 0. The molecule has 4 N–H and O–H groups in total. The summed E-state index contributed by atoms with van der Waals surface area (Å²) in [6, 6.07) is 2.18. The van der Waals surface area contributed by atoms with Crippen molar-refractivity contribution in [1.29, 1.82) is 0 Å². The lowest BCUT2D eigenvalue weighted by Crippen LogP contribution is -2.41. The Morgan fingerprint density at radius 2 is 2.16 bits per heavy atom. The van der Waals surface area contributed by atoms with E-state index in [0.29, 0.717) is 23.7 Å². The predicted octanol–water partition coefficient (Wildman–Crippen LogP) is 0.971. The third kappa shape index (κ3) is 2.71. The van der Waals surface area contributed by atoms with Crippen LogP contribution in [0.3, 0.4) is 0 Å². The maximum Gasteiger partial charge on any atom is 0.252 e. The highest BCUT2D eigenvalue weighted by Crippen LogP contribution is 2.37. The third-order valence-electron chi connectivity index (χ3n) is 3.84. The zero-order valence-corrected chi connectivity index (χ0v) is 11.8. The van der Waals surface area contributed by atoms with Crippen molar-refractivity contribution in [3.63, 3.8) is 0 Å². The van der Waals surface area contributed by atoms with Crippen LogP contribution in [0.25, 0.3) is 0 Å². The number of anilines is 1. The molecule has 1 unspecified atom stereocenters. The SMILES string of the molecule is Cc1cc(N(C)C(CN)C2CC2)c(C(N)=O)c(C)n1. The van der Waals surface area contributed by atoms with Crippen molar-refractivity contribution in [2.45, 2.75) is 32.7 Å². The molecule has 104 valence electrons. The molecule has 0 aromatic carbocycles. The van der Waals surface area contributed by atoms with Gasteiger partial charge in [0.2, 0.25) is 0 Å². The van der Waals surface area contributed by atoms with Crippen LogP contribution in [0.2, 0.25) is 0 Å². The van der Waals surface area contributed by atoms with Crippen LogP contribution in [-0.2, 0) is 0 Å². The molecule has 0 aliphatic heterocycles. The summed E-state index contributed by atoms with van der Waals surface area (Å²) in [4.78, 5) is 18.1. The normalized spacial score (nSPS) is 16.2. The number of nitrogens with zero attached hydrogens (tertiary/aromatic N) is 2. The van der Waals surface area contributed by atoms with E-state index in [1.54, 1.807) is 0 Å². The second kappa shape index (κ2) is 5.17. The lowest BCUT2D eigenvalue weighted by molar-refractivity contribution is 0.0999. The highest BCUT2D eigenvalue weighted by atomic mass is 16.1. The molecule has 1 atom stereocenters. The predicted molar refractivity (Wildman–Crippen MR) is 76.2 cm³/mol. The molecule has 2 rings (SSSR count). The number of aromatic nitrogens is 1. The fourth-order valence-corrected chi connectivity index (χ4v) is 2.72. The smallest absolute Gasteiger partial charge is 0.252 e. The van der Waals surface area contributed by atoms with Gasteiger partial charge in [-0.3, -0.25) is 9.78 Å². The molecular formula is C14H22N4O. The van der Waals surface area contributed by atoms with E-state index in [2.05, 4.69) is 9.88 Å². The number of hydrogen-bond acceptors (Lipinski definition) is 4. The van der Waals surface area contributed by atoms with E-state index in [1.165, 1.54) is 12.8 Å².